The fraction of sp³-hybridized carbons (Fsp3) is 0.735. The first-order valence-corrected chi connectivity index (χ1v) is 43.1. The van der Waals surface area contributed by atoms with Gasteiger partial charge in [0.1, 0.15) is 19.3 Å². The molecular formula is C83H144O17P2. The smallest absolute Gasteiger partial charge is 0.462 e. The summed E-state index contributed by atoms with van der Waals surface area (Å²) >= 11 is 0. The molecular weight excluding hydrogens is 1330 g/mol. The fourth-order valence-corrected chi connectivity index (χ4v) is 12.2. The molecule has 17 nitrogen and oxygen atoms in total. The molecule has 0 fully saturated rings. The number of phosphoric ester groups is 2. The number of aliphatic hydroxyl groups is 1. The topological polar surface area (TPSA) is 237 Å². The molecule has 0 rings (SSSR count). The molecule has 0 heterocycles. The summed E-state index contributed by atoms with van der Waals surface area (Å²) in [5, 5.41) is 10.6. The van der Waals surface area contributed by atoms with Crippen LogP contribution in [0.4, 0.5) is 0 Å². The quantitative estimate of drug-likeness (QED) is 0.0169. The number of rotatable bonds is 75. The number of aliphatic hydroxyl groups excluding tert-OH is 1. The lowest BCUT2D eigenvalue weighted by molar-refractivity contribution is -0.161. The highest BCUT2D eigenvalue weighted by molar-refractivity contribution is 7.47. The standard InChI is InChI=1S/C83H144O17P2/c1-5-9-13-17-21-25-29-32-35-37-38-40-42-45-49-52-56-60-64-68-81(86)94-74-79(100-83(88)70-66-62-58-54-50-46-43-39-36-33-30-26-22-18-14-10-6-2)76-98-102(91,92)96-72-77(84)71-95-101(89,90)97-75-78(99-82(87)69-65-61-57-53-47-28-24-20-16-12-8-4)73-93-80(85)67-63-59-55-51-48-44-41-34-31-27-23-19-15-11-7-3/h10,14,21-23,25-27,32-36,38,40-41,43,46,77-79,84H,5-9,11-13,15-20,24,28-31,37,39,42,44-45,47-76H2,1-4H3,(H,89,90)(H,91,92)/b14-10-,25-21-,26-22-,27-23-,35-32-,36-33-,40-38-,41-34-,46-43-. The van der Waals surface area contributed by atoms with Crippen molar-refractivity contribution in [3.63, 3.8) is 0 Å². The third-order valence-electron chi connectivity index (χ3n) is 16.7. The first-order valence-electron chi connectivity index (χ1n) is 40.1. The van der Waals surface area contributed by atoms with E-state index in [-0.39, 0.29) is 25.7 Å². The maximum atomic E-state index is 13.1. The van der Waals surface area contributed by atoms with Gasteiger partial charge in [-0.05, 0) is 135 Å². The van der Waals surface area contributed by atoms with Crippen molar-refractivity contribution in [1.82, 2.24) is 0 Å². The van der Waals surface area contributed by atoms with Crippen LogP contribution in [0.25, 0.3) is 0 Å². The van der Waals surface area contributed by atoms with Crippen LogP contribution in [0.3, 0.4) is 0 Å². The Morgan fingerprint density at radius 1 is 0.284 bits per heavy atom. The monoisotopic (exact) mass is 1470 g/mol. The molecule has 0 aromatic carbocycles. The fourth-order valence-electron chi connectivity index (χ4n) is 10.6. The number of esters is 4. The largest absolute Gasteiger partial charge is 0.472 e. The van der Waals surface area contributed by atoms with Gasteiger partial charge in [-0.3, -0.25) is 37.3 Å². The molecule has 0 spiro atoms. The van der Waals surface area contributed by atoms with Crippen molar-refractivity contribution in [3.8, 4) is 0 Å². The number of carbonyl (C=O) groups is 4. The molecule has 19 heteroatoms. The van der Waals surface area contributed by atoms with Gasteiger partial charge < -0.3 is 33.8 Å². The van der Waals surface area contributed by atoms with Gasteiger partial charge in [0.25, 0.3) is 0 Å². The molecule has 5 atom stereocenters. The van der Waals surface area contributed by atoms with E-state index in [0.717, 1.165) is 180 Å². The van der Waals surface area contributed by atoms with Crippen LogP contribution in [0.2, 0.25) is 0 Å². The number of ether oxygens (including phenoxy) is 4. The lowest BCUT2D eigenvalue weighted by Crippen LogP contribution is -2.30. The van der Waals surface area contributed by atoms with E-state index >= 15 is 0 Å². The minimum atomic E-state index is -4.99. The van der Waals surface area contributed by atoms with Gasteiger partial charge in [-0.1, -0.05) is 285 Å². The molecule has 0 amide bonds. The Labute approximate surface area is 619 Å². The van der Waals surface area contributed by atoms with Crippen LogP contribution in [0.5, 0.6) is 0 Å². The highest BCUT2D eigenvalue weighted by atomic mass is 31.2. The number of unbranched alkanes of at least 4 members (excludes halogenated alkanes) is 31. The molecule has 0 aromatic rings. The average Bonchev–Trinajstić information content (AvgIpc) is 0.927. The van der Waals surface area contributed by atoms with E-state index < -0.39 is 97.5 Å². The molecule has 5 unspecified atom stereocenters. The SMILES string of the molecule is CC/C=C\C/C=C\C/C=C\C/C=C\CCCCCCC(=O)OC(COC(=O)CCCCCCCC/C=C\C/C=C\C/C=C\CCCCC)COP(=O)(O)OCC(O)COP(=O)(O)OCC(COC(=O)CCCCCCC/C=C\C/C=C\CCCCC)OC(=O)CCCCCCCCCCCCC. The van der Waals surface area contributed by atoms with Crippen LogP contribution in [0.15, 0.2) is 109 Å². The first-order chi connectivity index (χ1) is 49.7. The summed E-state index contributed by atoms with van der Waals surface area (Å²) in [6.07, 6.45) is 80.6. The minimum absolute atomic E-state index is 0.0627. The second-order valence-electron chi connectivity index (χ2n) is 26.6. The normalized spacial score (nSPS) is 14.5. The lowest BCUT2D eigenvalue weighted by Gasteiger charge is -2.21. The molecule has 0 saturated carbocycles. The molecule has 0 bridgehead atoms. The van der Waals surface area contributed by atoms with Crippen LogP contribution in [-0.4, -0.2) is 96.7 Å². The summed E-state index contributed by atoms with van der Waals surface area (Å²) in [6.45, 7) is 4.67. The van der Waals surface area contributed by atoms with E-state index in [0.29, 0.717) is 25.7 Å². The van der Waals surface area contributed by atoms with E-state index in [1.165, 1.54) is 77.0 Å². The zero-order chi connectivity index (χ0) is 74.6. The van der Waals surface area contributed by atoms with E-state index in [9.17, 15) is 43.2 Å². The van der Waals surface area contributed by atoms with Gasteiger partial charge in [0.2, 0.25) is 0 Å². The van der Waals surface area contributed by atoms with Crippen molar-refractivity contribution in [1.29, 1.82) is 0 Å². The summed E-state index contributed by atoms with van der Waals surface area (Å²) in [6, 6.07) is 0. The second kappa shape index (κ2) is 75.0. The third kappa shape index (κ3) is 74.0. The van der Waals surface area contributed by atoms with E-state index in [1.807, 2.05) is 0 Å². The Balaban J connectivity index is 5.37. The van der Waals surface area contributed by atoms with Gasteiger partial charge in [0.15, 0.2) is 12.2 Å². The van der Waals surface area contributed by atoms with Crippen molar-refractivity contribution in [2.75, 3.05) is 39.6 Å². The van der Waals surface area contributed by atoms with Crippen LogP contribution in [0.1, 0.15) is 336 Å². The molecule has 588 valence electrons. The van der Waals surface area contributed by atoms with Crippen LogP contribution >= 0.6 is 15.6 Å². The van der Waals surface area contributed by atoms with E-state index in [4.69, 9.17) is 37.0 Å². The highest BCUT2D eigenvalue weighted by Gasteiger charge is 2.30. The molecule has 0 saturated heterocycles. The van der Waals surface area contributed by atoms with Crippen molar-refractivity contribution in [2.45, 2.75) is 354 Å². The van der Waals surface area contributed by atoms with Gasteiger partial charge in [0, 0.05) is 25.7 Å². The summed E-state index contributed by atoms with van der Waals surface area (Å²) in [4.78, 5) is 73.0. The third-order valence-corrected chi connectivity index (χ3v) is 18.6. The predicted octanol–water partition coefficient (Wildman–Crippen LogP) is 23.3. The summed E-state index contributed by atoms with van der Waals surface area (Å²) in [7, 11) is -9.96. The Bertz CT molecular complexity index is 2360. The first kappa shape index (κ1) is 97.7. The Hall–Kier alpha value is -4.28. The molecule has 0 radical (unpaired) electrons. The number of allylic oxidation sites excluding steroid dienone is 18. The van der Waals surface area contributed by atoms with Crippen LogP contribution < -0.4 is 0 Å². The van der Waals surface area contributed by atoms with Crippen molar-refractivity contribution >= 4 is 39.5 Å². The minimum Gasteiger partial charge on any atom is -0.462 e. The van der Waals surface area contributed by atoms with Crippen LogP contribution in [0, 0.1) is 0 Å². The predicted molar refractivity (Wildman–Crippen MR) is 418 cm³/mol. The Kier molecular flexibility index (Phi) is 71.8. The summed E-state index contributed by atoms with van der Waals surface area (Å²) in [5.41, 5.74) is 0. The molecule has 0 aromatic heterocycles. The highest BCUT2D eigenvalue weighted by Crippen LogP contribution is 2.45. The maximum absolute atomic E-state index is 13.1. The molecule has 3 N–H and O–H groups in total. The zero-order valence-corrected chi connectivity index (χ0v) is 66.0. The second-order valence-corrected chi connectivity index (χ2v) is 29.5. The Morgan fingerprint density at radius 2 is 0.510 bits per heavy atom. The summed E-state index contributed by atoms with van der Waals surface area (Å²) < 4.78 is 68.6. The lowest BCUT2D eigenvalue weighted by atomic mass is 10.1. The number of carbonyl (C=O) groups excluding carboxylic acids is 4. The molecule has 0 aliphatic heterocycles. The molecule has 0 aliphatic rings. The summed E-state index contributed by atoms with van der Waals surface area (Å²) in [5.74, 6) is -2.22. The maximum Gasteiger partial charge on any atom is 0.472 e. The van der Waals surface area contributed by atoms with Gasteiger partial charge in [0.05, 0.1) is 26.4 Å². The number of phosphoric acid groups is 2. The van der Waals surface area contributed by atoms with Gasteiger partial charge in [-0.15, -0.1) is 0 Å². The number of hydrogen-bond acceptors (Lipinski definition) is 15. The number of hydrogen-bond donors (Lipinski definition) is 3. The van der Waals surface area contributed by atoms with Gasteiger partial charge >= 0.3 is 39.5 Å². The van der Waals surface area contributed by atoms with E-state index in [2.05, 4.69) is 137 Å². The van der Waals surface area contributed by atoms with Crippen molar-refractivity contribution < 1.29 is 80.2 Å². The van der Waals surface area contributed by atoms with Crippen molar-refractivity contribution in [3.05, 3.63) is 109 Å². The Morgan fingerprint density at radius 3 is 0.804 bits per heavy atom. The zero-order valence-electron chi connectivity index (χ0n) is 64.3. The van der Waals surface area contributed by atoms with Gasteiger partial charge in [-0.2, -0.15) is 0 Å². The molecule has 0 aliphatic carbocycles. The van der Waals surface area contributed by atoms with Crippen molar-refractivity contribution in [2.24, 2.45) is 0 Å². The van der Waals surface area contributed by atoms with Gasteiger partial charge in [-0.25, -0.2) is 9.13 Å². The molecule has 102 heavy (non-hydrogen) atoms. The van der Waals surface area contributed by atoms with E-state index in [1.54, 1.807) is 0 Å². The van der Waals surface area contributed by atoms with Crippen LogP contribution in [-0.2, 0) is 65.4 Å². The average molecular weight is 1480 g/mol.